The molecule has 0 radical (unpaired) electrons. The van der Waals surface area contributed by atoms with E-state index in [1.165, 1.54) is 12.8 Å². The van der Waals surface area contributed by atoms with E-state index in [0.717, 1.165) is 18.5 Å². The summed E-state index contributed by atoms with van der Waals surface area (Å²) in [6, 6.07) is 3.94. The van der Waals surface area contributed by atoms with Gasteiger partial charge in [-0.25, -0.2) is 9.97 Å². The van der Waals surface area contributed by atoms with Crippen LogP contribution in [0, 0.1) is 42.9 Å². The first-order chi connectivity index (χ1) is 9.58. The van der Waals surface area contributed by atoms with Gasteiger partial charge in [-0.05, 0) is 51.0 Å². The van der Waals surface area contributed by atoms with Crippen molar-refractivity contribution < 1.29 is 4.79 Å². The molecule has 1 aromatic heterocycles. The number of rotatable bonds is 3. The smallest absolute Gasteiger partial charge is 0.159 e. The molecule has 2 saturated carbocycles. The number of fused-ring (bicyclic) bond motifs is 2. The lowest BCUT2D eigenvalue weighted by molar-refractivity contribution is -0.124. The van der Waals surface area contributed by atoms with E-state index in [-0.39, 0.29) is 11.7 Å². The predicted molar refractivity (Wildman–Crippen MR) is 73.8 cm³/mol. The van der Waals surface area contributed by atoms with Gasteiger partial charge < -0.3 is 0 Å². The number of carbonyl (C=O) groups excluding carboxylic acids is 1. The van der Waals surface area contributed by atoms with Gasteiger partial charge in [0.1, 0.15) is 11.7 Å². The van der Waals surface area contributed by atoms with Crippen molar-refractivity contribution in [2.75, 3.05) is 0 Å². The van der Waals surface area contributed by atoms with Crippen LogP contribution in [0.15, 0.2) is 6.07 Å². The first kappa shape index (κ1) is 13.2. The maximum atomic E-state index is 12.7. The summed E-state index contributed by atoms with van der Waals surface area (Å²) in [4.78, 5) is 21.2. The molecule has 1 heterocycles. The summed E-state index contributed by atoms with van der Waals surface area (Å²) >= 11 is 0. The zero-order chi connectivity index (χ0) is 14.3. The number of aromatic nitrogens is 2. The van der Waals surface area contributed by atoms with E-state index in [4.69, 9.17) is 0 Å². The van der Waals surface area contributed by atoms with Gasteiger partial charge in [0.2, 0.25) is 0 Å². The van der Waals surface area contributed by atoms with Crippen molar-refractivity contribution in [3.8, 4) is 6.07 Å². The van der Waals surface area contributed by atoms with Gasteiger partial charge in [-0.3, -0.25) is 4.79 Å². The summed E-state index contributed by atoms with van der Waals surface area (Å²) in [5.74, 6) is 1.28. The van der Waals surface area contributed by atoms with Crippen LogP contribution in [-0.4, -0.2) is 15.8 Å². The maximum absolute atomic E-state index is 12.7. The normalized spacial score (nSPS) is 29.1. The Labute approximate surface area is 119 Å². The molecular formula is C16H19N3O. The molecular weight excluding hydrogens is 250 g/mol. The number of ketones is 1. The van der Waals surface area contributed by atoms with Crippen LogP contribution in [0.3, 0.4) is 0 Å². The van der Waals surface area contributed by atoms with Crippen LogP contribution >= 0.6 is 0 Å². The average Bonchev–Trinajstić information content (AvgIpc) is 3.00. The van der Waals surface area contributed by atoms with Gasteiger partial charge in [0, 0.05) is 11.6 Å². The van der Waals surface area contributed by atoms with Gasteiger partial charge in [-0.15, -0.1) is 0 Å². The summed E-state index contributed by atoms with van der Waals surface area (Å²) in [6.07, 6.45) is 4.57. The molecule has 2 aliphatic rings. The van der Waals surface area contributed by atoms with Gasteiger partial charge in [-0.2, -0.15) is 5.26 Å². The molecule has 0 aliphatic heterocycles. The molecule has 104 valence electrons. The van der Waals surface area contributed by atoms with Gasteiger partial charge in [0.25, 0.3) is 0 Å². The average molecular weight is 269 g/mol. The zero-order valence-corrected chi connectivity index (χ0v) is 12.0. The van der Waals surface area contributed by atoms with Crippen molar-refractivity contribution in [2.45, 2.75) is 45.4 Å². The highest BCUT2D eigenvalue weighted by atomic mass is 16.1. The molecule has 4 heteroatoms. The molecule has 2 aliphatic carbocycles. The van der Waals surface area contributed by atoms with Crippen LogP contribution in [-0.2, 0) is 4.79 Å². The van der Waals surface area contributed by atoms with Crippen molar-refractivity contribution in [1.82, 2.24) is 9.97 Å². The number of Topliss-reactive ketones (excluding diaryl/α,β-unsaturated/α-hetero) is 1. The lowest BCUT2D eigenvalue weighted by Crippen LogP contribution is -2.26. The van der Waals surface area contributed by atoms with Gasteiger partial charge >= 0.3 is 0 Å². The highest BCUT2D eigenvalue weighted by Crippen LogP contribution is 2.49. The molecule has 0 N–H and O–H groups in total. The van der Waals surface area contributed by atoms with E-state index in [2.05, 4.69) is 16.0 Å². The van der Waals surface area contributed by atoms with Gasteiger partial charge in [0.05, 0.1) is 11.8 Å². The Morgan fingerprint density at radius 1 is 1.35 bits per heavy atom. The van der Waals surface area contributed by atoms with Crippen molar-refractivity contribution in [3.05, 3.63) is 23.3 Å². The minimum atomic E-state index is -0.722. The van der Waals surface area contributed by atoms with Gasteiger partial charge in [0.15, 0.2) is 5.78 Å². The molecule has 0 aromatic carbocycles. The first-order valence-corrected chi connectivity index (χ1v) is 7.34. The van der Waals surface area contributed by atoms with Gasteiger partial charge in [-0.1, -0.05) is 6.42 Å². The summed E-state index contributed by atoms with van der Waals surface area (Å²) in [5.41, 5.74) is 1.39. The fourth-order valence-corrected chi connectivity index (χ4v) is 3.98. The SMILES string of the molecule is Cc1cc([C@@H](C#N)C(=O)[C@H]2C[C@H]3CC[C@H]2C3)nc(C)n1. The number of carbonyl (C=O) groups is 1. The van der Waals surface area contributed by atoms with Crippen LogP contribution < -0.4 is 0 Å². The number of hydrogen-bond donors (Lipinski definition) is 0. The Bertz CT molecular complexity index is 570. The molecule has 0 unspecified atom stereocenters. The second-order valence-electron chi connectivity index (χ2n) is 6.23. The van der Waals surface area contributed by atoms with Crippen molar-refractivity contribution in [2.24, 2.45) is 17.8 Å². The van der Waals surface area contributed by atoms with E-state index < -0.39 is 5.92 Å². The second-order valence-corrected chi connectivity index (χ2v) is 6.23. The van der Waals surface area contributed by atoms with Crippen LogP contribution in [0.4, 0.5) is 0 Å². The van der Waals surface area contributed by atoms with E-state index in [9.17, 15) is 10.1 Å². The molecule has 0 spiro atoms. The molecule has 4 atom stereocenters. The minimum Gasteiger partial charge on any atom is -0.297 e. The van der Waals surface area contributed by atoms with E-state index in [0.29, 0.717) is 23.4 Å². The summed E-state index contributed by atoms with van der Waals surface area (Å²) < 4.78 is 0. The van der Waals surface area contributed by atoms with Crippen LogP contribution in [0.1, 0.15) is 48.8 Å². The van der Waals surface area contributed by atoms with E-state index in [1.54, 1.807) is 13.0 Å². The quantitative estimate of drug-likeness (QED) is 0.846. The van der Waals surface area contributed by atoms with E-state index >= 15 is 0 Å². The number of aryl methyl sites for hydroxylation is 2. The maximum Gasteiger partial charge on any atom is 0.159 e. The summed E-state index contributed by atoms with van der Waals surface area (Å²) in [7, 11) is 0. The molecule has 0 amide bonds. The molecule has 4 nitrogen and oxygen atoms in total. The topological polar surface area (TPSA) is 66.6 Å². The number of hydrogen-bond acceptors (Lipinski definition) is 4. The monoisotopic (exact) mass is 269 g/mol. The second kappa shape index (κ2) is 4.97. The predicted octanol–water partition coefficient (Wildman–Crippen LogP) is 2.71. The third kappa shape index (κ3) is 2.22. The Hall–Kier alpha value is -1.76. The molecule has 3 rings (SSSR count). The van der Waals surface area contributed by atoms with Crippen LogP contribution in [0.5, 0.6) is 0 Å². The molecule has 2 bridgehead atoms. The zero-order valence-electron chi connectivity index (χ0n) is 12.0. The highest BCUT2D eigenvalue weighted by Gasteiger charge is 2.45. The van der Waals surface area contributed by atoms with Crippen LogP contribution in [0.25, 0.3) is 0 Å². The Morgan fingerprint density at radius 3 is 2.70 bits per heavy atom. The fourth-order valence-electron chi connectivity index (χ4n) is 3.98. The molecule has 20 heavy (non-hydrogen) atoms. The Morgan fingerprint density at radius 2 is 2.15 bits per heavy atom. The van der Waals surface area contributed by atoms with Crippen molar-refractivity contribution >= 4 is 5.78 Å². The lowest BCUT2D eigenvalue weighted by atomic mass is 9.80. The Kier molecular flexibility index (Phi) is 3.29. The van der Waals surface area contributed by atoms with E-state index in [1.807, 2.05) is 6.92 Å². The lowest BCUT2D eigenvalue weighted by Gasteiger charge is -2.22. The summed E-state index contributed by atoms with van der Waals surface area (Å²) in [5, 5.41) is 9.43. The molecule has 1 aromatic rings. The highest BCUT2D eigenvalue weighted by molar-refractivity contribution is 5.90. The van der Waals surface area contributed by atoms with Crippen molar-refractivity contribution in [1.29, 1.82) is 5.26 Å². The van der Waals surface area contributed by atoms with Crippen LogP contribution in [0.2, 0.25) is 0 Å². The minimum absolute atomic E-state index is 0.0778. The van der Waals surface area contributed by atoms with Crippen molar-refractivity contribution in [3.63, 3.8) is 0 Å². The molecule has 2 fully saturated rings. The first-order valence-electron chi connectivity index (χ1n) is 7.34. The standard InChI is InChI=1S/C16H19N3O/c1-9-5-15(19-10(2)18-9)14(8-17)16(20)13-7-11-3-4-12(13)6-11/h5,11-14H,3-4,6-7H2,1-2H3/t11-,12-,13-,14+/m0/s1. The number of nitrogens with zero attached hydrogens (tertiary/aromatic N) is 3. The largest absolute Gasteiger partial charge is 0.297 e. The fraction of sp³-hybridized carbons (Fsp3) is 0.625. The number of nitriles is 1. The summed E-state index contributed by atoms with van der Waals surface area (Å²) in [6.45, 7) is 3.67. The third-order valence-corrected chi connectivity index (χ3v) is 4.80. The Balaban J connectivity index is 1.86. The third-order valence-electron chi connectivity index (χ3n) is 4.80. The molecule has 0 saturated heterocycles.